The van der Waals surface area contributed by atoms with Gasteiger partial charge in [0.25, 0.3) is 0 Å². The van der Waals surface area contributed by atoms with Crippen molar-refractivity contribution in [2.45, 2.75) is 6.04 Å². The second-order valence-electron chi connectivity index (χ2n) is 4.33. The number of guanidine groups is 1. The van der Waals surface area contributed by atoms with Crippen molar-refractivity contribution in [1.29, 1.82) is 0 Å². The smallest absolute Gasteiger partial charge is 0.196 e. The highest BCUT2D eigenvalue weighted by Crippen LogP contribution is 2.40. The van der Waals surface area contributed by atoms with Crippen molar-refractivity contribution in [3.8, 4) is 0 Å². The van der Waals surface area contributed by atoms with Crippen LogP contribution in [0.25, 0.3) is 0 Å². The molecule has 1 aliphatic heterocycles. The van der Waals surface area contributed by atoms with E-state index in [0.29, 0.717) is 12.5 Å². The van der Waals surface area contributed by atoms with E-state index < -0.39 is 0 Å². The maximum absolute atomic E-state index is 13.1. The molecular weight excluding hydrogens is 409 g/mol. The first-order valence-electron chi connectivity index (χ1n) is 5.85. The molecule has 104 valence electrons. The molecule has 0 spiro atoms. The van der Waals surface area contributed by atoms with E-state index in [1.807, 2.05) is 4.90 Å². The highest BCUT2D eigenvalue weighted by molar-refractivity contribution is 9.13. The van der Waals surface area contributed by atoms with Gasteiger partial charge in [-0.2, -0.15) is 0 Å². The Labute approximate surface area is 136 Å². The lowest BCUT2D eigenvalue weighted by Gasteiger charge is -2.25. The Morgan fingerprint density at radius 1 is 1.30 bits per heavy atom. The van der Waals surface area contributed by atoms with Gasteiger partial charge in [-0.05, 0) is 62.2 Å². The minimum Gasteiger partial charge on any atom is -0.369 e. The van der Waals surface area contributed by atoms with Gasteiger partial charge in [-0.3, -0.25) is 4.99 Å². The van der Waals surface area contributed by atoms with Crippen LogP contribution in [0, 0.1) is 5.82 Å². The van der Waals surface area contributed by atoms with Crippen LogP contribution in [0.3, 0.4) is 0 Å². The molecule has 2 heterocycles. The van der Waals surface area contributed by atoms with Crippen LogP contribution in [0.2, 0.25) is 0 Å². The van der Waals surface area contributed by atoms with E-state index >= 15 is 0 Å². The van der Waals surface area contributed by atoms with E-state index in [1.54, 1.807) is 23.5 Å². The monoisotopic (exact) mass is 417 g/mol. The summed E-state index contributed by atoms with van der Waals surface area (Å²) < 4.78 is 15.1. The number of rotatable bonds is 2. The standard InChI is InChI=1S/C13H10Br2FN3S/c14-9-5-11(20-12(9)15)10-6-18-13(17)19(10)8-3-1-7(16)2-4-8/h1-5,10H,6H2,(H2,17,18). The number of nitrogens with two attached hydrogens (primary N) is 1. The van der Waals surface area contributed by atoms with Crippen LogP contribution in [-0.2, 0) is 0 Å². The number of thiophene rings is 1. The summed E-state index contributed by atoms with van der Waals surface area (Å²) in [6.07, 6.45) is 0. The van der Waals surface area contributed by atoms with Crippen molar-refractivity contribution in [2.75, 3.05) is 11.4 Å². The molecule has 20 heavy (non-hydrogen) atoms. The van der Waals surface area contributed by atoms with E-state index in [-0.39, 0.29) is 11.9 Å². The normalized spacial score (nSPS) is 18.4. The highest BCUT2D eigenvalue weighted by Gasteiger charge is 2.30. The molecule has 7 heteroatoms. The van der Waals surface area contributed by atoms with Crippen molar-refractivity contribution in [3.05, 3.63) is 49.3 Å². The maximum atomic E-state index is 13.1. The Kier molecular flexibility index (Phi) is 3.83. The van der Waals surface area contributed by atoms with Gasteiger partial charge in [0.15, 0.2) is 5.96 Å². The molecule has 0 bridgehead atoms. The van der Waals surface area contributed by atoms with Gasteiger partial charge in [0.1, 0.15) is 5.82 Å². The number of anilines is 1. The molecule has 0 saturated carbocycles. The lowest BCUT2D eigenvalue weighted by atomic mass is 10.2. The molecule has 1 aromatic carbocycles. The minimum atomic E-state index is -0.262. The summed E-state index contributed by atoms with van der Waals surface area (Å²) in [6, 6.07) is 8.40. The molecule has 2 aromatic rings. The van der Waals surface area contributed by atoms with E-state index in [1.165, 1.54) is 12.1 Å². The van der Waals surface area contributed by atoms with Crippen LogP contribution in [0.5, 0.6) is 0 Å². The molecule has 1 aromatic heterocycles. The van der Waals surface area contributed by atoms with E-state index in [0.717, 1.165) is 18.8 Å². The van der Waals surface area contributed by atoms with Gasteiger partial charge >= 0.3 is 0 Å². The zero-order valence-electron chi connectivity index (χ0n) is 10.2. The topological polar surface area (TPSA) is 41.6 Å². The van der Waals surface area contributed by atoms with Gasteiger partial charge in [-0.15, -0.1) is 11.3 Å². The zero-order valence-corrected chi connectivity index (χ0v) is 14.2. The molecule has 0 aliphatic carbocycles. The average molecular weight is 419 g/mol. The number of nitrogens with zero attached hydrogens (tertiary/aromatic N) is 2. The fraction of sp³-hybridized carbons (Fsp3) is 0.154. The molecule has 1 aliphatic rings. The summed E-state index contributed by atoms with van der Waals surface area (Å²) >= 11 is 8.63. The van der Waals surface area contributed by atoms with Gasteiger partial charge in [-0.25, -0.2) is 4.39 Å². The number of hydrogen-bond donors (Lipinski definition) is 1. The number of aliphatic imine (C=N–C) groups is 1. The summed E-state index contributed by atoms with van der Waals surface area (Å²) in [4.78, 5) is 7.40. The Balaban J connectivity index is 1.98. The predicted molar refractivity (Wildman–Crippen MR) is 87.8 cm³/mol. The summed E-state index contributed by atoms with van der Waals surface area (Å²) in [6.45, 7) is 0.600. The SMILES string of the molecule is NC1=NCC(c2cc(Br)c(Br)s2)N1c1ccc(F)cc1. The average Bonchev–Trinajstić information content (AvgIpc) is 2.95. The minimum absolute atomic E-state index is 0.0491. The third-order valence-electron chi connectivity index (χ3n) is 3.08. The fourth-order valence-electron chi connectivity index (χ4n) is 2.16. The van der Waals surface area contributed by atoms with E-state index in [4.69, 9.17) is 5.73 Å². The van der Waals surface area contributed by atoms with Gasteiger partial charge in [-0.1, -0.05) is 0 Å². The van der Waals surface area contributed by atoms with Crippen molar-refractivity contribution in [2.24, 2.45) is 10.7 Å². The molecule has 2 N–H and O–H groups in total. The van der Waals surface area contributed by atoms with Crippen molar-refractivity contribution >= 4 is 54.8 Å². The number of halogens is 3. The van der Waals surface area contributed by atoms with Crippen molar-refractivity contribution in [3.63, 3.8) is 0 Å². The quantitative estimate of drug-likeness (QED) is 0.790. The second-order valence-corrected chi connectivity index (χ2v) is 7.59. The Hall–Kier alpha value is -0.920. The second kappa shape index (κ2) is 5.46. The first-order valence-corrected chi connectivity index (χ1v) is 8.26. The Bertz CT molecular complexity index is 649. The van der Waals surface area contributed by atoms with E-state index in [9.17, 15) is 4.39 Å². The van der Waals surface area contributed by atoms with Crippen LogP contribution >= 0.6 is 43.2 Å². The Morgan fingerprint density at radius 3 is 2.60 bits per heavy atom. The van der Waals surface area contributed by atoms with Crippen LogP contribution in [0.4, 0.5) is 10.1 Å². The maximum Gasteiger partial charge on any atom is 0.196 e. The molecule has 0 fully saturated rings. The highest BCUT2D eigenvalue weighted by atomic mass is 79.9. The van der Waals surface area contributed by atoms with Crippen LogP contribution < -0.4 is 10.6 Å². The lowest BCUT2D eigenvalue weighted by Crippen LogP contribution is -2.35. The Morgan fingerprint density at radius 2 is 2.00 bits per heavy atom. The summed E-state index contributed by atoms with van der Waals surface area (Å²) in [5.74, 6) is 0.198. The third kappa shape index (κ3) is 2.49. The molecule has 0 amide bonds. The molecule has 3 rings (SSSR count). The van der Waals surface area contributed by atoms with Gasteiger partial charge in [0.2, 0.25) is 0 Å². The molecule has 0 saturated heterocycles. The summed E-state index contributed by atoms with van der Waals surface area (Å²) in [5, 5.41) is 0. The van der Waals surface area contributed by atoms with Crippen LogP contribution in [-0.4, -0.2) is 12.5 Å². The van der Waals surface area contributed by atoms with Gasteiger partial charge in [0.05, 0.1) is 16.4 Å². The first kappa shape index (κ1) is 14.0. The zero-order chi connectivity index (χ0) is 14.3. The third-order valence-corrected chi connectivity index (χ3v) is 6.44. The van der Waals surface area contributed by atoms with Gasteiger partial charge < -0.3 is 10.6 Å². The van der Waals surface area contributed by atoms with Crippen LogP contribution in [0.1, 0.15) is 10.9 Å². The number of benzene rings is 1. The van der Waals surface area contributed by atoms with Gasteiger partial charge in [0, 0.05) is 15.0 Å². The summed E-state index contributed by atoms with van der Waals surface area (Å²) in [7, 11) is 0. The predicted octanol–water partition coefficient (Wildman–Crippen LogP) is 4.29. The molecule has 1 unspecified atom stereocenters. The number of hydrogen-bond acceptors (Lipinski definition) is 4. The van der Waals surface area contributed by atoms with E-state index in [2.05, 4.69) is 42.9 Å². The van der Waals surface area contributed by atoms with Crippen molar-refractivity contribution in [1.82, 2.24) is 0 Å². The lowest BCUT2D eigenvalue weighted by molar-refractivity contribution is 0.627. The fourth-order valence-corrected chi connectivity index (χ4v) is 4.33. The first-order chi connectivity index (χ1) is 9.56. The van der Waals surface area contributed by atoms with Crippen LogP contribution in [0.15, 0.2) is 43.6 Å². The molecular formula is C13H10Br2FN3S. The molecule has 3 nitrogen and oxygen atoms in total. The molecule has 0 radical (unpaired) electrons. The summed E-state index contributed by atoms with van der Waals surface area (Å²) in [5.41, 5.74) is 6.83. The molecule has 1 atom stereocenters. The van der Waals surface area contributed by atoms with Crippen molar-refractivity contribution < 1.29 is 4.39 Å². The largest absolute Gasteiger partial charge is 0.369 e.